The first kappa shape index (κ1) is 22.6. The third-order valence-electron chi connectivity index (χ3n) is 4.51. The van der Waals surface area contributed by atoms with Crippen LogP contribution >= 0.6 is 0 Å². The molecule has 1 aromatic carbocycles. The molecule has 1 unspecified atom stereocenters. The fourth-order valence-electron chi connectivity index (χ4n) is 1.84. The smallest absolute Gasteiger partial charge is 0.192 e. The molecular weight excluding hydrogens is 360 g/mol. The largest absolute Gasteiger partial charge is 0.598 e. The van der Waals surface area contributed by atoms with Crippen molar-refractivity contribution in [2.24, 2.45) is 0 Å². The highest BCUT2D eigenvalue weighted by Crippen LogP contribution is 2.39. The van der Waals surface area contributed by atoms with Gasteiger partial charge in [-0.05, 0) is 56.6 Å². The number of hydrogen-bond donors (Lipinski definition) is 1. The average molecular weight is 392 g/mol. The summed E-state index contributed by atoms with van der Waals surface area (Å²) >= 11 is -1.27. The molecule has 0 saturated carbocycles. The van der Waals surface area contributed by atoms with E-state index in [1.165, 1.54) is 6.07 Å². The van der Waals surface area contributed by atoms with E-state index in [2.05, 4.69) is 38.6 Å². The van der Waals surface area contributed by atoms with Crippen molar-refractivity contribution >= 4 is 19.7 Å². The van der Waals surface area contributed by atoms with Crippen molar-refractivity contribution in [1.82, 2.24) is 4.72 Å². The van der Waals surface area contributed by atoms with Gasteiger partial charge in [0.05, 0.1) is 12.6 Å². The van der Waals surface area contributed by atoms with Crippen LogP contribution < -0.4 is 4.72 Å². The SMILES string of the molecule is CC(C)(C)[S+]([O-])NC[C@@H](O[Si](C)(C)C(C)(C)C)c1ccc(F)c(F)c1. The minimum atomic E-state index is -2.15. The molecular formula is C18H31F2NO2SSi. The van der Waals surface area contributed by atoms with E-state index in [9.17, 15) is 13.3 Å². The molecule has 144 valence electrons. The Morgan fingerprint density at radius 2 is 1.68 bits per heavy atom. The van der Waals surface area contributed by atoms with E-state index in [1.54, 1.807) is 0 Å². The summed E-state index contributed by atoms with van der Waals surface area (Å²) in [6.45, 7) is 16.4. The molecule has 25 heavy (non-hydrogen) atoms. The summed E-state index contributed by atoms with van der Waals surface area (Å²) in [7, 11) is -2.15. The Kier molecular flexibility index (Phi) is 7.26. The molecule has 0 heterocycles. The molecule has 7 heteroatoms. The van der Waals surface area contributed by atoms with E-state index in [0.29, 0.717) is 5.56 Å². The van der Waals surface area contributed by atoms with Gasteiger partial charge in [0.25, 0.3) is 0 Å². The van der Waals surface area contributed by atoms with E-state index < -0.39 is 42.2 Å². The predicted molar refractivity (Wildman–Crippen MR) is 103 cm³/mol. The molecule has 2 atom stereocenters. The first-order chi connectivity index (χ1) is 11.1. The maximum atomic E-state index is 13.7. The predicted octanol–water partition coefficient (Wildman–Crippen LogP) is 5.08. The van der Waals surface area contributed by atoms with Gasteiger partial charge < -0.3 is 8.98 Å². The zero-order valence-corrected chi connectivity index (χ0v) is 18.3. The van der Waals surface area contributed by atoms with Crippen LogP contribution in [0.4, 0.5) is 8.78 Å². The normalized spacial score (nSPS) is 16.0. The maximum Gasteiger partial charge on any atom is 0.192 e. The van der Waals surface area contributed by atoms with Crippen LogP contribution in [0.2, 0.25) is 18.1 Å². The van der Waals surface area contributed by atoms with E-state index in [-0.39, 0.29) is 11.6 Å². The van der Waals surface area contributed by atoms with E-state index >= 15 is 0 Å². The third-order valence-corrected chi connectivity index (χ3v) is 10.5. The van der Waals surface area contributed by atoms with Crippen molar-refractivity contribution in [3.05, 3.63) is 35.4 Å². The van der Waals surface area contributed by atoms with Gasteiger partial charge in [-0.1, -0.05) is 26.8 Å². The van der Waals surface area contributed by atoms with Crippen molar-refractivity contribution in [3.63, 3.8) is 0 Å². The summed E-state index contributed by atoms with van der Waals surface area (Å²) < 4.78 is 48.2. The molecule has 0 radical (unpaired) electrons. The van der Waals surface area contributed by atoms with Gasteiger partial charge in [-0.2, -0.15) is 0 Å². The maximum absolute atomic E-state index is 13.7. The zero-order chi connectivity index (χ0) is 19.6. The molecule has 0 aliphatic rings. The average Bonchev–Trinajstić information content (AvgIpc) is 2.43. The molecule has 0 fully saturated rings. The lowest BCUT2D eigenvalue weighted by atomic mass is 10.1. The Labute approximate surface area is 155 Å². The molecule has 0 saturated heterocycles. The minimum Gasteiger partial charge on any atom is -0.598 e. The highest BCUT2D eigenvalue weighted by molar-refractivity contribution is 7.90. The number of benzene rings is 1. The molecule has 0 amide bonds. The molecule has 1 aromatic rings. The second-order valence-electron chi connectivity index (χ2n) is 8.77. The lowest BCUT2D eigenvalue weighted by molar-refractivity contribution is 0.186. The van der Waals surface area contributed by atoms with Crippen LogP contribution in [0.15, 0.2) is 18.2 Å². The lowest BCUT2D eigenvalue weighted by Crippen LogP contribution is -2.46. The minimum absolute atomic E-state index is 0.0347. The fourth-order valence-corrected chi connectivity index (χ4v) is 3.86. The van der Waals surface area contributed by atoms with Crippen LogP contribution in [-0.2, 0) is 15.8 Å². The molecule has 1 N–H and O–H groups in total. The van der Waals surface area contributed by atoms with Crippen LogP contribution in [0.1, 0.15) is 53.2 Å². The highest BCUT2D eigenvalue weighted by atomic mass is 32.2. The Hall–Kier alpha value is -0.473. The monoisotopic (exact) mass is 391 g/mol. The molecule has 3 nitrogen and oxygen atoms in total. The molecule has 1 rings (SSSR count). The third kappa shape index (κ3) is 6.32. The van der Waals surface area contributed by atoms with Crippen molar-refractivity contribution in [3.8, 4) is 0 Å². The molecule has 0 spiro atoms. The molecule has 0 aliphatic heterocycles. The van der Waals surface area contributed by atoms with Gasteiger partial charge in [-0.15, -0.1) is 4.72 Å². The number of hydrogen-bond acceptors (Lipinski definition) is 3. The molecule has 0 bridgehead atoms. The quantitative estimate of drug-likeness (QED) is 0.543. The summed E-state index contributed by atoms with van der Waals surface area (Å²) in [5, 5.41) is -0.0347. The Bertz CT molecular complexity index is 585. The van der Waals surface area contributed by atoms with Crippen LogP contribution in [0.3, 0.4) is 0 Å². The number of halogens is 2. The van der Waals surface area contributed by atoms with Crippen LogP contribution in [0, 0.1) is 11.6 Å². The topological polar surface area (TPSA) is 44.3 Å². The van der Waals surface area contributed by atoms with Gasteiger partial charge in [0.15, 0.2) is 20.0 Å². The Morgan fingerprint density at radius 1 is 1.12 bits per heavy atom. The van der Waals surface area contributed by atoms with E-state index in [0.717, 1.165) is 12.1 Å². The molecule has 0 aromatic heterocycles. The molecule has 0 aliphatic carbocycles. The van der Waals surface area contributed by atoms with Gasteiger partial charge in [0, 0.05) is 11.4 Å². The van der Waals surface area contributed by atoms with Crippen molar-refractivity contribution in [2.45, 2.75) is 70.5 Å². The van der Waals surface area contributed by atoms with Gasteiger partial charge in [0.2, 0.25) is 0 Å². The van der Waals surface area contributed by atoms with Gasteiger partial charge >= 0.3 is 0 Å². The standard InChI is InChI=1S/C18H31F2NO2SSi/c1-17(2,3)24(22)21-12-16(23-25(7,8)18(4,5)6)13-9-10-14(19)15(20)11-13/h9-11,16,21H,12H2,1-8H3/t16-,24?/m1/s1. The first-order valence-corrected chi connectivity index (χ1v) is 12.5. The second kappa shape index (κ2) is 8.04. The van der Waals surface area contributed by atoms with Crippen molar-refractivity contribution in [2.75, 3.05) is 6.54 Å². The van der Waals surface area contributed by atoms with Gasteiger partial charge in [-0.25, -0.2) is 8.78 Å². The van der Waals surface area contributed by atoms with Crippen molar-refractivity contribution < 1.29 is 17.8 Å². The van der Waals surface area contributed by atoms with Gasteiger partial charge in [0.1, 0.15) is 4.75 Å². The summed E-state index contributed by atoms with van der Waals surface area (Å²) in [5.41, 5.74) is 0.544. The second-order valence-corrected chi connectivity index (χ2v) is 15.6. The zero-order valence-electron chi connectivity index (χ0n) is 16.5. The summed E-state index contributed by atoms with van der Waals surface area (Å²) in [5.74, 6) is -1.79. The van der Waals surface area contributed by atoms with E-state index in [4.69, 9.17) is 4.43 Å². The highest BCUT2D eigenvalue weighted by Gasteiger charge is 2.40. The Morgan fingerprint density at radius 3 is 2.12 bits per heavy atom. The van der Waals surface area contributed by atoms with Crippen LogP contribution in [0.25, 0.3) is 0 Å². The number of rotatable bonds is 6. The first-order valence-electron chi connectivity index (χ1n) is 8.43. The lowest BCUT2D eigenvalue weighted by Gasteiger charge is -2.39. The summed E-state index contributed by atoms with van der Waals surface area (Å²) in [6, 6.07) is 3.79. The van der Waals surface area contributed by atoms with Crippen molar-refractivity contribution in [1.29, 1.82) is 0 Å². The summed E-state index contributed by atoms with van der Waals surface area (Å²) in [4.78, 5) is 0. The van der Waals surface area contributed by atoms with Crippen LogP contribution in [-0.4, -0.2) is 24.2 Å². The van der Waals surface area contributed by atoms with Crippen LogP contribution in [0.5, 0.6) is 0 Å². The summed E-state index contributed by atoms with van der Waals surface area (Å²) in [6.07, 6.45) is -0.498. The number of nitrogens with one attached hydrogen (secondary N) is 1. The van der Waals surface area contributed by atoms with Gasteiger partial charge in [-0.3, -0.25) is 0 Å². The Balaban J connectivity index is 3.07. The fraction of sp³-hybridized carbons (Fsp3) is 0.667. The van der Waals surface area contributed by atoms with E-state index in [1.807, 2.05) is 20.8 Å².